The van der Waals surface area contributed by atoms with Crippen LogP contribution in [0.5, 0.6) is 5.75 Å². The van der Waals surface area contributed by atoms with Gasteiger partial charge in [-0.2, -0.15) is 0 Å². The molecular formula is C13H15NO2. The molecule has 0 aromatic heterocycles. The van der Waals surface area contributed by atoms with Crippen molar-refractivity contribution < 1.29 is 9.90 Å². The quantitative estimate of drug-likeness (QED) is 0.691. The van der Waals surface area contributed by atoms with Crippen molar-refractivity contribution in [3.8, 4) is 5.75 Å². The Kier molecular flexibility index (Phi) is 1.96. The van der Waals surface area contributed by atoms with Crippen LogP contribution in [0.1, 0.15) is 30.4 Å². The molecule has 1 unspecified atom stereocenters. The molecule has 1 aliphatic carbocycles. The van der Waals surface area contributed by atoms with Gasteiger partial charge in [0.1, 0.15) is 5.75 Å². The maximum absolute atomic E-state index is 12.0. The molecule has 1 saturated heterocycles. The van der Waals surface area contributed by atoms with Gasteiger partial charge in [0, 0.05) is 6.54 Å². The molecule has 2 aliphatic rings. The van der Waals surface area contributed by atoms with Crippen LogP contribution in [0.15, 0.2) is 18.2 Å². The van der Waals surface area contributed by atoms with Gasteiger partial charge in [0.2, 0.25) is 5.91 Å². The first-order valence-corrected chi connectivity index (χ1v) is 5.84. The van der Waals surface area contributed by atoms with Crippen LogP contribution in [0.25, 0.3) is 0 Å². The van der Waals surface area contributed by atoms with Crippen LogP contribution in [-0.2, 0) is 16.6 Å². The standard InChI is InChI=1S/C13H15NO2/c15-11-5-1-4-10-9(11)3-2-6-13(10)7-8-14-12(13)16/h1,4-5,15H,2-3,6-8H2,(H,14,16). The molecule has 3 heteroatoms. The van der Waals surface area contributed by atoms with E-state index in [4.69, 9.17) is 0 Å². The van der Waals surface area contributed by atoms with E-state index < -0.39 is 0 Å². The SMILES string of the molecule is O=C1NCCC12CCCc1c(O)cccc12. The number of carbonyl (C=O) groups is 1. The van der Waals surface area contributed by atoms with Crippen molar-refractivity contribution >= 4 is 5.91 Å². The van der Waals surface area contributed by atoms with Crippen molar-refractivity contribution in [2.75, 3.05) is 6.54 Å². The molecule has 1 spiro atoms. The summed E-state index contributed by atoms with van der Waals surface area (Å²) in [5.41, 5.74) is 1.67. The average molecular weight is 217 g/mol. The first-order chi connectivity index (χ1) is 7.74. The van der Waals surface area contributed by atoms with E-state index >= 15 is 0 Å². The predicted molar refractivity (Wildman–Crippen MR) is 60.3 cm³/mol. The van der Waals surface area contributed by atoms with Crippen molar-refractivity contribution in [1.82, 2.24) is 5.32 Å². The summed E-state index contributed by atoms with van der Waals surface area (Å²) >= 11 is 0. The number of aromatic hydroxyl groups is 1. The minimum atomic E-state index is -0.355. The van der Waals surface area contributed by atoms with Crippen LogP contribution in [0.4, 0.5) is 0 Å². The van der Waals surface area contributed by atoms with E-state index in [2.05, 4.69) is 5.32 Å². The Bertz CT molecular complexity index is 455. The second-order valence-electron chi connectivity index (χ2n) is 4.74. The minimum Gasteiger partial charge on any atom is -0.508 e. The molecule has 16 heavy (non-hydrogen) atoms. The number of hydrogen-bond acceptors (Lipinski definition) is 2. The van der Waals surface area contributed by atoms with E-state index in [1.54, 1.807) is 6.07 Å². The highest BCUT2D eigenvalue weighted by atomic mass is 16.3. The fraction of sp³-hybridized carbons (Fsp3) is 0.462. The molecule has 3 nitrogen and oxygen atoms in total. The third kappa shape index (κ3) is 1.11. The molecule has 1 aromatic carbocycles. The number of phenolic OH excluding ortho intramolecular Hbond substituents is 1. The Morgan fingerprint density at radius 1 is 1.31 bits per heavy atom. The topological polar surface area (TPSA) is 49.3 Å². The summed E-state index contributed by atoms with van der Waals surface area (Å²) in [4.78, 5) is 12.0. The summed E-state index contributed by atoms with van der Waals surface area (Å²) in [5.74, 6) is 0.482. The number of rotatable bonds is 0. The third-order valence-electron chi connectivity index (χ3n) is 3.97. The van der Waals surface area contributed by atoms with Crippen molar-refractivity contribution in [2.45, 2.75) is 31.1 Å². The van der Waals surface area contributed by atoms with E-state index in [9.17, 15) is 9.90 Å². The smallest absolute Gasteiger partial charge is 0.230 e. The average Bonchev–Trinajstić information content (AvgIpc) is 2.63. The molecule has 3 rings (SSSR count). The Balaban J connectivity index is 2.20. The Labute approximate surface area is 94.5 Å². The molecule has 1 heterocycles. The number of fused-ring (bicyclic) bond motifs is 2. The fourth-order valence-corrected chi connectivity index (χ4v) is 3.16. The first kappa shape index (κ1) is 9.70. The Morgan fingerprint density at radius 3 is 2.94 bits per heavy atom. The van der Waals surface area contributed by atoms with Gasteiger partial charge in [0.25, 0.3) is 0 Å². The Morgan fingerprint density at radius 2 is 2.19 bits per heavy atom. The highest BCUT2D eigenvalue weighted by molar-refractivity contribution is 5.91. The van der Waals surface area contributed by atoms with Gasteiger partial charge in [0.15, 0.2) is 0 Å². The van der Waals surface area contributed by atoms with E-state index in [1.165, 1.54) is 0 Å². The number of carbonyl (C=O) groups excluding carboxylic acids is 1. The van der Waals surface area contributed by atoms with Gasteiger partial charge in [-0.05, 0) is 42.9 Å². The lowest BCUT2D eigenvalue weighted by Gasteiger charge is -2.33. The predicted octanol–water partition coefficient (Wildman–Crippen LogP) is 1.49. The molecule has 0 radical (unpaired) electrons. The van der Waals surface area contributed by atoms with Crippen LogP contribution in [-0.4, -0.2) is 17.6 Å². The lowest BCUT2D eigenvalue weighted by Crippen LogP contribution is -2.38. The minimum absolute atomic E-state index is 0.138. The number of hydrogen-bond donors (Lipinski definition) is 2. The summed E-state index contributed by atoms with van der Waals surface area (Å²) in [7, 11) is 0. The number of phenols is 1. The highest BCUT2D eigenvalue weighted by Gasteiger charge is 2.46. The molecule has 1 fully saturated rings. The van der Waals surface area contributed by atoms with Gasteiger partial charge in [-0.15, -0.1) is 0 Å². The maximum atomic E-state index is 12.0. The fourth-order valence-electron chi connectivity index (χ4n) is 3.16. The number of nitrogens with one attached hydrogen (secondary N) is 1. The molecule has 1 aromatic rings. The highest BCUT2D eigenvalue weighted by Crippen LogP contribution is 2.44. The molecule has 84 valence electrons. The zero-order valence-corrected chi connectivity index (χ0v) is 9.12. The summed E-state index contributed by atoms with van der Waals surface area (Å²) in [5, 5.41) is 12.8. The lowest BCUT2D eigenvalue weighted by atomic mass is 9.69. The van der Waals surface area contributed by atoms with Crippen molar-refractivity contribution in [2.24, 2.45) is 0 Å². The van der Waals surface area contributed by atoms with Gasteiger partial charge in [0.05, 0.1) is 5.41 Å². The van der Waals surface area contributed by atoms with Crippen molar-refractivity contribution in [3.05, 3.63) is 29.3 Å². The van der Waals surface area contributed by atoms with Crippen molar-refractivity contribution in [3.63, 3.8) is 0 Å². The zero-order valence-electron chi connectivity index (χ0n) is 9.12. The molecule has 0 saturated carbocycles. The second kappa shape index (κ2) is 3.24. The third-order valence-corrected chi connectivity index (χ3v) is 3.97. The van der Waals surface area contributed by atoms with E-state index in [0.29, 0.717) is 5.75 Å². The van der Waals surface area contributed by atoms with Crippen LogP contribution in [0, 0.1) is 0 Å². The zero-order chi connectivity index (χ0) is 11.2. The normalized spacial score (nSPS) is 27.9. The summed E-state index contributed by atoms with van der Waals surface area (Å²) in [6.07, 6.45) is 3.65. The van der Waals surface area contributed by atoms with Crippen LogP contribution >= 0.6 is 0 Å². The van der Waals surface area contributed by atoms with Gasteiger partial charge in [-0.25, -0.2) is 0 Å². The first-order valence-electron chi connectivity index (χ1n) is 5.84. The molecule has 1 atom stereocenters. The molecular weight excluding hydrogens is 202 g/mol. The van der Waals surface area contributed by atoms with Gasteiger partial charge in [-0.3, -0.25) is 4.79 Å². The summed E-state index contributed by atoms with van der Waals surface area (Å²) in [6, 6.07) is 5.55. The largest absolute Gasteiger partial charge is 0.508 e. The van der Waals surface area contributed by atoms with E-state index in [1.807, 2.05) is 12.1 Å². The van der Waals surface area contributed by atoms with Gasteiger partial charge in [-0.1, -0.05) is 12.1 Å². The van der Waals surface area contributed by atoms with E-state index in [-0.39, 0.29) is 11.3 Å². The number of amides is 1. The maximum Gasteiger partial charge on any atom is 0.230 e. The van der Waals surface area contributed by atoms with Gasteiger partial charge >= 0.3 is 0 Å². The lowest BCUT2D eigenvalue weighted by molar-refractivity contribution is -0.124. The van der Waals surface area contributed by atoms with Crippen LogP contribution in [0.2, 0.25) is 0 Å². The van der Waals surface area contributed by atoms with Crippen LogP contribution < -0.4 is 5.32 Å². The van der Waals surface area contributed by atoms with Crippen molar-refractivity contribution in [1.29, 1.82) is 0 Å². The van der Waals surface area contributed by atoms with Gasteiger partial charge < -0.3 is 10.4 Å². The Hall–Kier alpha value is -1.51. The summed E-state index contributed by atoms with van der Waals surface area (Å²) in [6.45, 7) is 0.758. The van der Waals surface area contributed by atoms with Crippen LogP contribution in [0.3, 0.4) is 0 Å². The molecule has 1 amide bonds. The second-order valence-corrected chi connectivity index (χ2v) is 4.74. The molecule has 2 N–H and O–H groups in total. The summed E-state index contributed by atoms with van der Waals surface area (Å²) < 4.78 is 0. The monoisotopic (exact) mass is 217 g/mol. The molecule has 1 aliphatic heterocycles. The number of benzene rings is 1. The van der Waals surface area contributed by atoms with E-state index in [0.717, 1.165) is 43.4 Å². The molecule has 0 bridgehead atoms.